The molecule has 7 nitrogen and oxygen atoms in total. The van der Waals surface area contributed by atoms with Gasteiger partial charge in [-0.1, -0.05) is 6.07 Å². The van der Waals surface area contributed by atoms with Crippen molar-refractivity contribution in [3.8, 4) is 0 Å². The van der Waals surface area contributed by atoms with Gasteiger partial charge in [0.15, 0.2) is 0 Å². The lowest BCUT2D eigenvalue weighted by atomic mass is 10.1. The van der Waals surface area contributed by atoms with Gasteiger partial charge >= 0.3 is 12.1 Å². The number of carboxylic acids is 1. The molecular weight excluding hydrogens is 286 g/mol. The van der Waals surface area contributed by atoms with Crippen molar-refractivity contribution in [3.05, 3.63) is 36.7 Å². The van der Waals surface area contributed by atoms with Crippen LogP contribution in [0.3, 0.4) is 0 Å². The summed E-state index contributed by atoms with van der Waals surface area (Å²) in [5, 5.41) is 23.4. The number of hydrogen-bond acceptors (Lipinski definition) is 4. The summed E-state index contributed by atoms with van der Waals surface area (Å²) in [5.41, 5.74) is 0.833. The van der Waals surface area contributed by atoms with Gasteiger partial charge in [0, 0.05) is 42.5 Å². The normalized spacial score (nSPS) is 21.0. The van der Waals surface area contributed by atoms with E-state index in [1.807, 2.05) is 24.3 Å². The molecule has 114 valence electrons. The van der Waals surface area contributed by atoms with Gasteiger partial charge in [0.2, 0.25) is 0 Å². The molecule has 1 aliphatic heterocycles. The zero-order valence-electron chi connectivity index (χ0n) is 11.6. The Hall–Kier alpha value is -2.83. The first kappa shape index (κ1) is 14.1. The molecule has 0 unspecified atom stereocenters. The van der Waals surface area contributed by atoms with Crippen LogP contribution in [0.2, 0.25) is 0 Å². The van der Waals surface area contributed by atoms with Crippen LogP contribution in [0.4, 0.5) is 10.5 Å². The van der Waals surface area contributed by atoms with Crippen molar-refractivity contribution in [2.24, 2.45) is 0 Å². The van der Waals surface area contributed by atoms with E-state index in [4.69, 9.17) is 10.2 Å². The third-order valence-electron chi connectivity index (χ3n) is 3.84. The highest BCUT2D eigenvalue weighted by Crippen LogP contribution is 2.24. The second-order valence-corrected chi connectivity index (χ2v) is 5.30. The number of benzene rings is 1. The summed E-state index contributed by atoms with van der Waals surface area (Å²) in [6.07, 6.45) is 2.51. The molecule has 1 amide bonds. The molecule has 2 aromatic rings. The summed E-state index contributed by atoms with van der Waals surface area (Å²) >= 11 is 0. The van der Waals surface area contributed by atoms with Crippen molar-refractivity contribution < 1.29 is 19.8 Å². The van der Waals surface area contributed by atoms with Crippen molar-refractivity contribution >= 4 is 28.5 Å². The van der Waals surface area contributed by atoms with Crippen LogP contribution in [0, 0.1) is 0 Å². The molecule has 2 atom stereocenters. The first-order chi connectivity index (χ1) is 10.5. The summed E-state index contributed by atoms with van der Waals surface area (Å²) in [6.45, 7) is 0.153. The molecular formula is C15H15N3O4. The van der Waals surface area contributed by atoms with Gasteiger partial charge in [-0.15, -0.1) is 0 Å². The zero-order valence-corrected chi connectivity index (χ0v) is 11.6. The fraction of sp³-hybridized carbons (Fsp3) is 0.267. The number of anilines is 1. The van der Waals surface area contributed by atoms with Crippen molar-refractivity contribution in [2.75, 3.05) is 11.9 Å². The zero-order chi connectivity index (χ0) is 15.7. The van der Waals surface area contributed by atoms with Crippen LogP contribution in [0.15, 0.2) is 36.7 Å². The molecule has 1 aromatic heterocycles. The summed E-state index contributed by atoms with van der Waals surface area (Å²) in [4.78, 5) is 27.3. The second-order valence-electron chi connectivity index (χ2n) is 5.30. The predicted octanol–water partition coefficient (Wildman–Crippen LogP) is 1.85. The monoisotopic (exact) mass is 301 g/mol. The Bertz CT molecular complexity index is 712. The van der Waals surface area contributed by atoms with Gasteiger partial charge in [0.1, 0.15) is 6.04 Å². The Kier molecular flexibility index (Phi) is 3.54. The number of aromatic nitrogens is 1. The number of aliphatic carboxylic acids is 1. The average Bonchev–Trinajstić information content (AvgIpc) is 2.91. The third kappa shape index (κ3) is 2.65. The van der Waals surface area contributed by atoms with Crippen molar-refractivity contribution in [2.45, 2.75) is 18.5 Å². The number of fused-ring (bicyclic) bond motifs is 1. The molecule has 2 heterocycles. The van der Waals surface area contributed by atoms with Crippen LogP contribution in [0.1, 0.15) is 6.42 Å². The predicted molar refractivity (Wildman–Crippen MR) is 79.9 cm³/mol. The Morgan fingerprint density at radius 2 is 2.05 bits per heavy atom. The van der Waals surface area contributed by atoms with E-state index in [0.717, 1.165) is 21.4 Å². The Balaban J connectivity index is 1.77. The molecule has 3 N–H and O–H groups in total. The van der Waals surface area contributed by atoms with Crippen molar-refractivity contribution in [3.63, 3.8) is 0 Å². The minimum absolute atomic E-state index is 0.153. The Morgan fingerprint density at radius 1 is 1.23 bits per heavy atom. The standard InChI is InChI=1S/C15H15N3O4/c19-14(20)13-6-12(8-18(13)15(21)22)17-11-2-1-10-7-16-4-3-9(10)5-11/h1-5,7,12-13,17H,6,8H2,(H,19,20)(H,21,22)/t12-,13+/m1/s1. The fourth-order valence-electron chi connectivity index (χ4n) is 2.79. The van der Waals surface area contributed by atoms with Crippen LogP contribution < -0.4 is 5.32 Å². The maximum Gasteiger partial charge on any atom is 0.408 e. The van der Waals surface area contributed by atoms with Crippen LogP contribution in [-0.4, -0.2) is 50.8 Å². The van der Waals surface area contributed by atoms with E-state index in [-0.39, 0.29) is 19.0 Å². The molecule has 7 heteroatoms. The largest absolute Gasteiger partial charge is 0.480 e. The highest BCUT2D eigenvalue weighted by molar-refractivity contribution is 5.85. The molecule has 1 fully saturated rings. The SMILES string of the molecule is O=C(O)[C@@H]1C[C@@H](Nc2ccc3cnccc3c2)CN1C(=O)O. The van der Waals surface area contributed by atoms with Crippen LogP contribution in [-0.2, 0) is 4.79 Å². The molecule has 22 heavy (non-hydrogen) atoms. The Morgan fingerprint density at radius 3 is 2.73 bits per heavy atom. The van der Waals surface area contributed by atoms with Gasteiger partial charge in [-0.25, -0.2) is 9.59 Å². The first-order valence-corrected chi connectivity index (χ1v) is 6.87. The van der Waals surface area contributed by atoms with E-state index in [9.17, 15) is 9.59 Å². The fourth-order valence-corrected chi connectivity index (χ4v) is 2.79. The number of carbonyl (C=O) groups is 2. The molecule has 0 bridgehead atoms. The maximum atomic E-state index is 11.1. The molecule has 0 saturated carbocycles. The summed E-state index contributed by atoms with van der Waals surface area (Å²) < 4.78 is 0. The number of rotatable bonds is 3. The lowest BCUT2D eigenvalue weighted by Gasteiger charge is -2.17. The molecule has 1 saturated heterocycles. The third-order valence-corrected chi connectivity index (χ3v) is 3.84. The number of amides is 1. The van der Waals surface area contributed by atoms with Gasteiger partial charge in [-0.05, 0) is 23.6 Å². The van der Waals surface area contributed by atoms with Crippen molar-refractivity contribution in [1.82, 2.24) is 9.88 Å². The average molecular weight is 301 g/mol. The number of nitrogens with zero attached hydrogens (tertiary/aromatic N) is 2. The quantitative estimate of drug-likeness (QED) is 0.799. The smallest absolute Gasteiger partial charge is 0.408 e. The van der Waals surface area contributed by atoms with Crippen molar-refractivity contribution in [1.29, 1.82) is 0 Å². The highest BCUT2D eigenvalue weighted by atomic mass is 16.4. The van der Waals surface area contributed by atoms with Gasteiger partial charge in [0.05, 0.1) is 0 Å². The van der Waals surface area contributed by atoms with E-state index < -0.39 is 18.1 Å². The topological polar surface area (TPSA) is 103 Å². The maximum absolute atomic E-state index is 11.1. The highest BCUT2D eigenvalue weighted by Gasteiger charge is 2.39. The van der Waals surface area contributed by atoms with Gasteiger partial charge in [-0.3, -0.25) is 9.88 Å². The summed E-state index contributed by atoms with van der Waals surface area (Å²) in [7, 11) is 0. The second kappa shape index (κ2) is 5.51. The van der Waals surface area contributed by atoms with Crippen LogP contribution in [0.5, 0.6) is 0 Å². The van der Waals surface area contributed by atoms with E-state index in [0.29, 0.717) is 0 Å². The van der Waals surface area contributed by atoms with E-state index in [2.05, 4.69) is 10.3 Å². The van der Waals surface area contributed by atoms with Gasteiger partial charge in [-0.2, -0.15) is 0 Å². The van der Waals surface area contributed by atoms with E-state index >= 15 is 0 Å². The molecule has 3 rings (SSSR count). The molecule has 1 aromatic carbocycles. The Labute approximate surface area is 126 Å². The van der Waals surface area contributed by atoms with E-state index in [1.54, 1.807) is 12.4 Å². The summed E-state index contributed by atoms with van der Waals surface area (Å²) in [6, 6.07) is 6.40. The van der Waals surface area contributed by atoms with Crippen LogP contribution >= 0.6 is 0 Å². The number of likely N-dealkylation sites (tertiary alicyclic amines) is 1. The molecule has 0 spiro atoms. The first-order valence-electron chi connectivity index (χ1n) is 6.87. The number of pyridine rings is 1. The summed E-state index contributed by atoms with van der Waals surface area (Å²) in [5.74, 6) is -1.11. The number of hydrogen-bond donors (Lipinski definition) is 3. The number of nitrogens with one attached hydrogen (secondary N) is 1. The lowest BCUT2D eigenvalue weighted by molar-refractivity contribution is -0.141. The van der Waals surface area contributed by atoms with Gasteiger partial charge in [0.25, 0.3) is 0 Å². The lowest BCUT2D eigenvalue weighted by Crippen LogP contribution is -2.39. The minimum atomic E-state index is -1.21. The molecule has 0 radical (unpaired) electrons. The minimum Gasteiger partial charge on any atom is -0.480 e. The van der Waals surface area contributed by atoms with Crippen LogP contribution in [0.25, 0.3) is 10.8 Å². The molecule has 1 aliphatic rings. The number of carboxylic acid groups (broad SMARTS) is 2. The van der Waals surface area contributed by atoms with Gasteiger partial charge < -0.3 is 15.5 Å². The molecule has 0 aliphatic carbocycles. The van der Waals surface area contributed by atoms with E-state index in [1.165, 1.54) is 0 Å².